The maximum Gasteiger partial charge on any atom is 0.187 e. The largest absolute Gasteiger partial charge is 0.394 e. The van der Waals surface area contributed by atoms with Crippen molar-refractivity contribution in [1.82, 2.24) is 0 Å². The molecule has 8 fully saturated rings. The fourth-order valence-electron chi connectivity index (χ4n) is 13.9. The molecule has 9 rings (SSSR count). The highest BCUT2D eigenvalue weighted by Crippen LogP contribution is 2.70. The van der Waals surface area contributed by atoms with Crippen molar-refractivity contribution in [3.05, 3.63) is 11.6 Å². The van der Waals surface area contributed by atoms with Crippen LogP contribution in [0.25, 0.3) is 0 Å². The Hall–Kier alpha value is -0.940. The summed E-state index contributed by atoms with van der Waals surface area (Å²) in [6.45, 7) is 12.1. The van der Waals surface area contributed by atoms with Gasteiger partial charge in [0.15, 0.2) is 24.7 Å². The second kappa shape index (κ2) is 17.0. The summed E-state index contributed by atoms with van der Waals surface area (Å²) >= 11 is 0. The zero-order valence-corrected chi connectivity index (χ0v) is 36.8. The van der Waals surface area contributed by atoms with Crippen LogP contribution in [-0.2, 0) is 37.9 Å². The van der Waals surface area contributed by atoms with Gasteiger partial charge in [0.25, 0.3) is 0 Å². The average Bonchev–Trinajstić information content (AvgIpc) is 3.70. The van der Waals surface area contributed by atoms with E-state index < -0.39 is 117 Å². The van der Waals surface area contributed by atoms with Gasteiger partial charge in [-0.05, 0) is 87.9 Å². The first-order valence-corrected chi connectivity index (χ1v) is 23.3. The molecular formula is C45H72O17. The Kier molecular flexibility index (Phi) is 12.7. The van der Waals surface area contributed by atoms with E-state index in [4.69, 9.17) is 37.9 Å². The Bertz CT molecular complexity index is 1630. The van der Waals surface area contributed by atoms with Crippen LogP contribution in [0.5, 0.6) is 0 Å². The zero-order chi connectivity index (χ0) is 44.4. The van der Waals surface area contributed by atoms with Gasteiger partial charge in [-0.2, -0.15) is 0 Å². The minimum absolute atomic E-state index is 0.0536. The second-order valence-electron chi connectivity index (χ2n) is 21.1. The maximum atomic E-state index is 12.3. The van der Waals surface area contributed by atoms with E-state index >= 15 is 0 Å². The molecule has 9 aliphatic rings. The van der Waals surface area contributed by atoms with Gasteiger partial charge >= 0.3 is 0 Å². The first kappa shape index (κ1) is 46.2. The van der Waals surface area contributed by atoms with E-state index in [2.05, 4.69) is 33.8 Å². The molecule has 0 aromatic heterocycles. The molecule has 17 heteroatoms. The predicted octanol–water partition coefficient (Wildman–Crippen LogP) is 0.213. The van der Waals surface area contributed by atoms with Crippen LogP contribution in [0, 0.1) is 46.3 Å². The second-order valence-corrected chi connectivity index (χ2v) is 21.1. The molecule has 0 radical (unpaired) electrons. The first-order chi connectivity index (χ1) is 29.3. The maximum absolute atomic E-state index is 12.3. The minimum Gasteiger partial charge on any atom is -0.394 e. The van der Waals surface area contributed by atoms with Crippen LogP contribution in [0.2, 0.25) is 0 Å². The summed E-state index contributed by atoms with van der Waals surface area (Å²) in [5.74, 6) is 1.29. The molecule has 27 atom stereocenters. The van der Waals surface area contributed by atoms with E-state index in [0.29, 0.717) is 43.6 Å². The van der Waals surface area contributed by atoms with Crippen LogP contribution in [-0.4, -0.2) is 175 Å². The van der Waals surface area contributed by atoms with Crippen molar-refractivity contribution in [2.75, 3.05) is 13.2 Å². The number of allylic oxidation sites excluding steroid dienone is 1. The highest BCUT2D eigenvalue weighted by molar-refractivity contribution is 5.27. The summed E-state index contributed by atoms with van der Waals surface area (Å²) in [7, 11) is 0. The topological polar surface area (TPSA) is 256 Å². The molecule has 3 saturated carbocycles. The van der Waals surface area contributed by atoms with Gasteiger partial charge in [0, 0.05) is 23.7 Å². The monoisotopic (exact) mass is 884 g/mol. The molecule has 5 saturated heterocycles. The number of hydrogen-bond donors (Lipinski definition) is 9. The quantitative estimate of drug-likeness (QED) is 0.155. The van der Waals surface area contributed by atoms with Gasteiger partial charge in [-0.25, -0.2) is 0 Å². The van der Waals surface area contributed by atoms with Gasteiger partial charge < -0.3 is 83.9 Å². The van der Waals surface area contributed by atoms with Crippen molar-refractivity contribution >= 4 is 0 Å². The van der Waals surface area contributed by atoms with E-state index in [0.717, 1.165) is 32.1 Å². The highest BCUT2D eigenvalue weighted by Gasteiger charge is 2.71. The molecule has 5 aliphatic heterocycles. The van der Waals surface area contributed by atoms with E-state index in [1.54, 1.807) is 0 Å². The van der Waals surface area contributed by atoms with Gasteiger partial charge in [-0.1, -0.05) is 39.3 Å². The van der Waals surface area contributed by atoms with Crippen molar-refractivity contribution in [1.29, 1.82) is 0 Å². The summed E-state index contributed by atoms with van der Waals surface area (Å²) in [6, 6.07) is 0. The van der Waals surface area contributed by atoms with E-state index in [1.165, 1.54) is 19.4 Å². The molecule has 0 amide bonds. The van der Waals surface area contributed by atoms with Crippen LogP contribution in [0.4, 0.5) is 0 Å². The number of ether oxygens (including phenoxy) is 8. The van der Waals surface area contributed by atoms with Gasteiger partial charge in [0.1, 0.15) is 61.0 Å². The molecule has 17 nitrogen and oxygen atoms in total. The number of aliphatic hydroxyl groups excluding tert-OH is 9. The molecule has 1 spiro atoms. The van der Waals surface area contributed by atoms with Crippen molar-refractivity contribution in [3.63, 3.8) is 0 Å². The molecule has 0 bridgehead atoms. The normalized spacial score (nSPS) is 58.9. The van der Waals surface area contributed by atoms with Crippen LogP contribution >= 0.6 is 0 Å². The smallest absolute Gasteiger partial charge is 0.187 e. The zero-order valence-electron chi connectivity index (χ0n) is 36.8. The molecule has 0 aromatic carbocycles. The number of rotatable bonds is 7. The third-order valence-electron chi connectivity index (χ3n) is 17.8. The summed E-state index contributed by atoms with van der Waals surface area (Å²) in [5.41, 5.74) is 0.753. The van der Waals surface area contributed by atoms with E-state index in [1.807, 2.05) is 0 Å². The van der Waals surface area contributed by atoms with Crippen LogP contribution in [0.15, 0.2) is 11.6 Å². The summed E-state index contributed by atoms with van der Waals surface area (Å²) in [5, 5.41) is 98.2. The molecule has 0 aromatic rings. The average molecular weight is 885 g/mol. The van der Waals surface area contributed by atoms with Crippen molar-refractivity contribution in [3.8, 4) is 0 Å². The lowest BCUT2D eigenvalue weighted by atomic mass is 9.46. The first-order valence-electron chi connectivity index (χ1n) is 23.3. The van der Waals surface area contributed by atoms with Crippen molar-refractivity contribution in [2.24, 2.45) is 46.3 Å². The lowest BCUT2D eigenvalue weighted by molar-refractivity contribution is -0.388. The van der Waals surface area contributed by atoms with E-state index in [-0.39, 0.29) is 34.7 Å². The fraction of sp³-hybridized carbons (Fsp3) is 0.956. The van der Waals surface area contributed by atoms with Gasteiger partial charge in [-0.15, -0.1) is 0 Å². The third kappa shape index (κ3) is 7.31. The molecule has 27 unspecified atom stereocenters. The highest BCUT2D eigenvalue weighted by atomic mass is 16.8. The van der Waals surface area contributed by atoms with Crippen LogP contribution in [0.1, 0.15) is 92.9 Å². The SMILES string of the molecule is CC1CCC2(OC1)OC1CC3C4CC=C5CC(OC6OC(CO)C(OC7OC(C)C(O)C(O)C7O)C(O)C6OC6OC(C)C(O)C(O)C6O)CCC5(C)C4CC(O)C3(C)C1C2C. The summed E-state index contributed by atoms with van der Waals surface area (Å²) in [4.78, 5) is 0. The number of fused-ring (bicyclic) bond motifs is 7. The Balaban J connectivity index is 0.927. The molecule has 4 aliphatic carbocycles. The Morgan fingerprint density at radius 1 is 0.694 bits per heavy atom. The van der Waals surface area contributed by atoms with Gasteiger partial charge in [-0.3, -0.25) is 0 Å². The fourth-order valence-corrected chi connectivity index (χ4v) is 13.9. The Morgan fingerprint density at radius 2 is 1.34 bits per heavy atom. The minimum atomic E-state index is -1.73. The lowest BCUT2D eigenvalue weighted by Crippen LogP contribution is -2.66. The number of hydrogen-bond acceptors (Lipinski definition) is 17. The Labute approximate surface area is 363 Å². The predicted molar refractivity (Wildman–Crippen MR) is 214 cm³/mol. The third-order valence-corrected chi connectivity index (χ3v) is 17.8. The Morgan fingerprint density at radius 3 is 1.95 bits per heavy atom. The number of aliphatic hydroxyl groups is 9. The molecule has 354 valence electrons. The molecule has 9 N–H and O–H groups in total. The van der Waals surface area contributed by atoms with Crippen molar-refractivity contribution < 1.29 is 83.9 Å². The molecule has 62 heavy (non-hydrogen) atoms. The summed E-state index contributed by atoms with van der Waals surface area (Å²) < 4.78 is 49.9. The summed E-state index contributed by atoms with van der Waals surface area (Å²) in [6.07, 6.45) is -13.9. The molecule has 5 heterocycles. The van der Waals surface area contributed by atoms with Crippen LogP contribution in [0.3, 0.4) is 0 Å². The molecular weight excluding hydrogens is 812 g/mol. The van der Waals surface area contributed by atoms with Crippen molar-refractivity contribution in [2.45, 2.75) is 209 Å². The standard InChI is InChI=1S/C45H72O17/c1-18-9-12-45(55-17-18)19(2)30-27(62-45)14-26-24-8-7-22-13-23(10-11-43(22,5)25(24)15-29(47)44(26,30)6)58-42-39(61-41-36(53)34(51)32(49)21(4)57-41)37(54)38(28(16-46)59-42)60-40-35(52)33(50)31(48)20(3)56-40/h7,18-21,23-42,46-54H,8-17H2,1-6H3. The van der Waals surface area contributed by atoms with Crippen LogP contribution < -0.4 is 0 Å². The van der Waals surface area contributed by atoms with Gasteiger partial charge in [0.2, 0.25) is 0 Å². The van der Waals surface area contributed by atoms with Gasteiger partial charge in [0.05, 0.1) is 43.7 Å². The van der Waals surface area contributed by atoms with E-state index in [9.17, 15) is 46.0 Å². The lowest BCUT2D eigenvalue weighted by Gasteiger charge is -2.60.